The lowest BCUT2D eigenvalue weighted by atomic mass is 9.91. The zero-order valence-electron chi connectivity index (χ0n) is 14.4. The van der Waals surface area contributed by atoms with E-state index in [2.05, 4.69) is 12.2 Å². The number of benzene rings is 2. The summed E-state index contributed by atoms with van der Waals surface area (Å²) in [5, 5.41) is 2.75. The van der Waals surface area contributed by atoms with Gasteiger partial charge in [-0.1, -0.05) is 55.8 Å². The molecule has 0 aliphatic carbocycles. The molecule has 1 saturated heterocycles. The molecular formula is C20H21FN2O2. The minimum atomic E-state index is -1.13. The smallest absolute Gasteiger partial charge is 0.319 e. The van der Waals surface area contributed by atoms with Gasteiger partial charge in [0.25, 0.3) is 5.91 Å². The van der Waals surface area contributed by atoms with Gasteiger partial charge in [0, 0.05) is 5.56 Å². The summed E-state index contributed by atoms with van der Waals surface area (Å²) in [5.41, 5.74) is 1.10. The highest BCUT2D eigenvalue weighted by atomic mass is 19.1. The van der Waals surface area contributed by atoms with E-state index >= 15 is 0 Å². The van der Waals surface area contributed by atoms with Gasteiger partial charge in [-0.05, 0) is 30.5 Å². The molecule has 1 N–H and O–H groups in total. The van der Waals surface area contributed by atoms with Crippen LogP contribution in [-0.2, 0) is 23.3 Å². The second-order valence-corrected chi connectivity index (χ2v) is 6.48. The molecule has 3 rings (SSSR count). The third-order valence-corrected chi connectivity index (χ3v) is 4.63. The third kappa shape index (κ3) is 3.14. The molecule has 0 aromatic heterocycles. The maximum absolute atomic E-state index is 13.9. The predicted octanol–water partition coefficient (Wildman–Crippen LogP) is 3.75. The Labute approximate surface area is 146 Å². The number of urea groups is 1. The highest BCUT2D eigenvalue weighted by Gasteiger charge is 2.48. The van der Waals surface area contributed by atoms with Crippen molar-refractivity contribution in [1.29, 1.82) is 0 Å². The monoisotopic (exact) mass is 340 g/mol. The molecule has 3 amide bonds. The summed E-state index contributed by atoms with van der Waals surface area (Å²) in [6.45, 7) is 3.71. The topological polar surface area (TPSA) is 49.4 Å². The van der Waals surface area contributed by atoms with Crippen LogP contribution in [0.4, 0.5) is 9.18 Å². The lowest BCUT2D eigenvalue weighted by Crippen LogP contribution is -2.40. The Hall–Kier alpha value is -2.69. The summed E-state index contributed by atoms with van der Waals surface area (Å²) >= 11 is 0. The number of hydrogen-bond acceptors (Lipinski definition) is 2. The molecule has 1 aliphatic rings. The summed E-state index contributed by atoms with van der Waals surface area (Å²) < 4.78 is 13.9. The fourth-order valence-electron chi connectivity index (χ4n) is 3.13. The quantitative estimate of drug-likeness (QED) is 0.843. The van der Waals surface area contributed by atoms with E-state index in [4.69, 9.17) is 0 Å². The normalized spacial score (nSPS) is 20.0. The van der Waals surface area contributed by atoms with Gasteiger partial charge in [0.05, 0.1) is 6.54 Å². The first-order chi connectivity index (χ1) is 12.0. The van der Waals surface area contributed by atoms with Crippen LogP contribution in [-0.4, -0.2) is 16.8 Å². The van der Waals surface area contributed by atoms with Gasteiger partial charge in [0.1, 0.15) is 11.4 Å². The van der Waals surface area contributed by atoms with E-state index in [1.54, 1.807) is 25.1 Å². The van der Waals surface area contributed by atoms with E-state index in [9.17, 15) is 14.0 Å². The van der Waals surface area contributed by atoms with Crippen molar-refractivity contribution < 1.29 is 14.0 Å². The molecule has 1 fully saturated rings. The first-order valence-electron chi connectivity index (χ1n) is 8.42. The van der Waals surface area contributed by atoms with Crippen molar-refractivity contribution in [1.82, 2.24) is 10.2 Å². The van der Waals surface area contributed by atoms with Crippen molar-refractivity contribution in [2.24, 2.45) is 0 Å². The second kappa shape index (κ2) is 6.67. The van der Waals surface area contributed by atoms with Crippen molar-refractivity contribution in [3.63, 3.8) is 0 Å². The maximum Gasteiger partial charge on any atom is 0.325 e. The number of nitrogens with zero attached hydrogens (tertiary/aromatic N) is 1. The van der Waals surface area contributed by atoms with Crippen LogP contribution in [0.25, 0.3) is 0 Å². The molecule has 4 nitrogen and oxygen atoms in total. The van der Waals surface area contributed by atoms with Gasteiger partial charge in [-0.3, -0.25) is 9.69 Å². The Balaban J connectivity index is 1.85. The molecule has 2 aromatic rings. The Kier molecular flexibility index (Phi) is 4.57. The maximum atomic E-state index is 13.9. The van der Waals surface area contributed by atoms with Crippen LogP contribution in [0.3, 0.4) is 0 Å². The van der Waals surface area contributed by atoms with Crippen LogP contribution in [0, 0.1) is 5.82 Å². The van der Waals surface area contributed by atoms with Gasteiger partial charge in [-0.25, -0.2) is 9.18 Å². The molecule has 1 atom stereocenters. The summed E-state index contributed by atoms with van der Waals surface area (Å²) in [6, 6.07) is 13.3. The molecular weight excluding hydrogens is 319 g/mol. The molecule has 1 aliphatic heterocycles. The number of imide groups is 1. The van der Waals surface area contributed by atoms with Crippen molar-refractivity contribution >= 4 is 11.9 Å². The Morgan fingerprint density at radius 3 is 2.40 bits per heavy atom. The Morgan fingerprint density at radius 1 is 1.08 bits per heavy atom. The van der Waals surface area contributed by atoms with Crippen LogP contribution in [0.1, 0.15) is 37.0 Å². The Bertz CT molecular complexity index is 804. The molecule has 0 bridgehead atoms. The van der Waals surface area contributed by atoms with Crippen LogP contribution >= 0.6 is 0 Å². The second-order valence-electron chi connectivity index (χ2n) is 6.48. The molecule has 1 unspecified atom stereocenters. The van der Waals surface area contributed by atoms with Crippen LogP contribution in [0.5, 0.6) is 0 Å². The third-order valence-electron chi connectivity index (χ3n) is 4.63. The lowest BCUT2D eigenvalue weighted by molar-refractivity contribution is -0.131. The van der Waals surface area contributed by atoms with Crippen LogP contribution in [0.15, 0.2) is 48.5 Å². The van der Waals surface area contributed by atoms with E-state index < -0.39 is 17.4 Å². The van der Waals surface area contributed by atoms with Gasteiger partial charge in [-0.15, -0.1) is 0 Å². The number of hydrogen-bond donors (Lipinski definition) is 1. The van der Waals surface area contributed by atoms with Gasteiger partial charge < -0.3 is 5.32 Å². The van der Waals surface area contributed by atoms with Crippen molar-refractivity contribution in [2.45, 2.75) is 38.8 Å². The first-order valence-corrected chi connectivity index (χ1v) is 8.42. The average Bonchev–Trinajstić information content (AvgIpc) is 2.82. The SMILES string of the molecule is CCCc1ccc(C2(C)NC(=O)N(Cc3ccccc3F)C2=O)cc1. The molecule has 0 spiro atoms. The molecule has 0 radical (unpaired) electrons. The summed E-state index contributed by atoms with van der Waals surface area (Å²) in [4.78, 5) is 26.3. The highest BCUT2D eigenvalue weighted by Crippen LogP contribution is 2.30. The van der Waals surface area contributed by atoms with E-state index in [1.807, 2.05) is 24.3 Å². The van der Waals surface area contributed by atoms with E-state index in [0.29, 0.717) is 5.56 Å². The number of halogens is 1. The highest BCUT2D eigenvalue weighted by molar-refractivity contribution is 6.07. The van der Waals surface area contributed by atoms with Crippen LogP contribution in [0.2, 0.25) is 0 Å². The molecule has 0 saturated carbocycles. The molecule has 130 valence electrons. The molecule has 1 heterocycles. The number of amides is 3. The number of carbonyl (C=O) groups excluding carboxylic acids is 2. The van der Waals surface area contributed by atoms with Gasteiger partial charge in [0.2, 0.25) is 0 Å². The van der Waals surface area contributed by atoms with E-state index in [0.717, 1.165) is 23.3 Å². The van der Waals surface area contributed by atoms with Crippen molar-refractivity contribution in [2.75, 3.05) is 0 Å². The predicted molar refractivity (Wildman–Crippen MR) is 93.3 cm³/mol. The lowest BCUT2D eigenvalue weighted by Gasteiger charge is -2.22. The fourth-order valence-corrected chi connectivity index (χ4v) is 3.13. The largest absolute Gasteiger partial charge is 0.325 e. The first kappa shape index (κ1) is 17.1. The zero-order valence-corrected chi connectivity index (χ0v) is 14.4. The Morgan fingerprint density at radius 2 is 1.76 bits per heavy atom. The molecule has 2 aromatic carbocycles. The number of nitrogens with one attached hydrogen (secondary N) is 1. The zero-order chi connectivity index (χ0) is 18.0. The average molecular weight is 340 g/mol. The summed E-state index contributed by atoms with van der Waals surface area (Å²) in [6.07, 6.45) is 2.01. The fraction of sp³-hybridized carbons (Fsp3) is 0.300. The minimum Gasteiger partial charge on any atom is -0.319 e. The minimum absolute atomic E-state index is 0.0825. The van der Waals surface area contributed by atoms with Gasteiger partial charge in [-0.2, -0.15) is 0 Å². The number of aryl methyl sites for hydroxylation is 1. The van der Waals surface area contributed by atoms with Crippen molar-refractivity contribution in [3.05, 3.63) is 71.0 Å². The van der Waals surface area contributed by atoms with Gasteiger partial charge >= 0.3 is 6.03 Å². The van der Waals surface area contributed by atoms with Gasteiger partial charge in [0.15, 0.2) is 0 Å². The molecule has 25 heavy (non-hydrogen) atoms. The standard InChI is InChI=1S/C20H21FN2O2/c1-3-6-14-9-11-16(12-10-14)20(2)18(24)23(19(25)22-20)13-15-7-4-5-8-17(15)21/h4-5,7-12H,3,6,13H2,1-2H3,(H,22,25). The number of carbonyl (C=O) groups is 2. The number of rotatable bonds is 5. The van der Waals surface area contributed by atoms with E-state index in [1.165, 1.54) is 11.6 Å². The van der Waals surface area contributed by atoms with Crippen molar-refractivity contribution in [3.8, 4) is 0 Å². The van der Waals surface area contributed by atoms with E-state index in [-0.39, 0.29) is 12.5 Å². The van der Waals surface area contributed by atoms with Crippen LogP contribution < -0.4 is 5.32 Å². The summed E-state index contributed by atoms with van der Waals surface area (Å²) in [7, 11) is 0. The summed E-state index contributed by atoms with van der Waals surface area (Å²) in [5.74, 6) is -0.801. The molecule has 5 heteroatoms.